The van der Waals surface area contributed by atoms with Gasteiger partial charge in [-0.05, 0) is 48.2 Å². The lowest BCUT2D eigenvalue weighted by atomic mass is 10.0. The second-order valence-electron chi connectivity index (χ2n) is 7.19. The molecule has 1 unspecified atom stereocenters. The van der Waals surface area contributed by atoms with Gasteiger partial charge in [-0.25, -0.2) is 0 Å². The smallest absolute Gasteiger partial charge is 0.394 e. The summed E-state index contributed by atoms with van der Waals surface area (Å²) in [5.74, 6) is -0.847. The fourth-order valence-electron chi connectivity index (χ4n) is 3.19. The first-order valence-electron chi connectivity index (χ1n) is 10.2. The molecule has 8 heteroatoms. The molecule has 0 aromatic heterocycles. The third-order valence-electron chi connectivity index (χ3n) is 4.78. The molecule has 0 heterocycles. The van der Waals surface area contributed by atoms with Gasteiger partial charge in [0.15, 0.2) is 0 Å². The van der Waals surface area contributed by atoms with Gasteiger partial charge in [0.1, 0.15) is 6.04 Å². The Morgan fingerprint density at radius 2 is 1.42 bits per heavy atom. The fourth-order valence-corrected chi connectivity index (χ4v) is 3.19. The van der Waals surface area contributed by atoms with Gasteiger partial charge < -0.3 is 15.3 Å². The van der Waals surface area contributed by atoms with Gasteiger partial charge >= 0.3 is 6.18 Å². The minimum Gasteiger partial charge on any atom is -0.394 e. The molecule has 0 saturated carbocycles. The van der Waals surface area contributed by atoms with E-state index in [-0.39, 0.29) is 11.5 Å². The second kappa shape index (κ2) is 10.9. The van der Waals surface area contributed by atoms with E-state index in [1.165, 1.54) is 24.3 Å². The van der Waals surface area contributed by atoms with Crippen molar-refractivity contribution in [2.75, 3.05) is 19.7 Å². The molecule has 5 nitrogen and oxygen atoms in total. The van der Waals surface area contributed by atoms with Crippen LogP contribution in [0.15, 0.2) is 48.5 Å². The highest BCUT2D eigenvalue weighted by Gasteiger charge is 2.30. The number of carbonyl (C=O) groups is 2. The third kappa shape index (κ3) is 6.55. The molecule has 1 atom stereocenters. The van der Waals surface area contributed by atoms with Crippen LogP contribution < -0.4 is 5.32 Å². The predicted octanol–water partition coefficient (Wildman–Crippen LogP) is 4.11. The molecule has 0 bridgehead atoms. The zero-order valence-corrected chi connectivity index (χ0v) is 17.6. The van der Waals surface area contributed by atoms with Crippen molar-refractivity contribution in [3.05, 3.63) is 59.7 Å². The van der Waals surface area contributed by atoms with Crippen LogP contribution in [0.25, 0.3) is 11.1 Å². The number of alkyl halides is 3. The van der Waals surface area contributed by atoms with Crippen molar-refractivity contribution in [3.63, 3.8) is 0 Å². The van der Waals surface area contributed by atoms with E-state index in [1.54, 1.807) is 17.0 Å². The Labute approximate surface area is 179 Å². The van der Waals surface area contributed by atoms with Crippen LogP contribution in [0.3, 0.4) is 0 Å². The predicted molar refractivity (Wildman–Crippen MR) is 112 cm³/mol. The molecule has 2 aromatic rings. The van der Waals surface area contributed by atoms with E-state index in [4.69, 9.17) is 0 Å². The van der Waals surface area contributed by atoms with Crippen LogP contribution in [0.4, 0.5) is 13.2 Å². The number of hydrogen-bond acceptors (Lipinski definition) is 3. The zero-order chi connectivity index (χ0) is 23.0. The maximum Gasteiger partial charge on any atom is 0.416 e. The minimum atomic E-state index is -4.40. The number of amides is 2. The molecule has 2 N–H and O–H groups in total. The molecule has 168 valence electrons. The number of nitrogens with one attached hydrogen (secondary N) is 1. The highest BCUT2D eigenvalue weighted by atomic mass is 19.4. The maximum atomic E-state index is 12.7. The van der Waals surface area contributed by atoms with E-state index in [0.29, 0.717) is 24.2 Å². The number of aliphatic hydroxyl groups excluding tert-OH is 1. The quantitative estimate of drug-likeness (QED) is 0.622. The van der Waals surface area contributed by atoms with Gasteiger partial charge in [0, 0.05) is 18.7 Å². The summed E-state index contributed by atoms with van der Waals surface area (Å²) in [5, 5.41) is 12.2. The lowest BCUT2D eigenvalue weighted by molar-refractivity contribution is -0.137. The molecule has 2 rings (SSSR count). The number of rotatable bonds is 9. The summed E-state index contributed by atoms with van der Waals surface area (Å²) in [6.07, 6.45) is -2.86. The molecular weight excluding hydrogens is 409 g/mol. The second-order valence-corrected chi connectivity index (χ2v) is 7.19. The molecule has 31 heavy (non-hydrogen) atoms. The average molecular weight is 436 g/mol. The van der Waals surface area contributed by atoms with Crippen LogP contribution in [0.1, 0.15) is 42.6 Å². The first-order chi connectivity index (χ1) is 14.7. The summed E-state index contributed by atoms with van der Waals surface area (Å²) in [6.45, 7) is 4.46. The van der Waals surface area contributed by atoms with Gasteiger partial charge in [-0.3, -0.25) is 9.59 Å². The van der Waals surface area contributed by atoms with Crippen LogP contribution in [-0.2, 0) is 11.0 Å². The van der Waals surface area contributed by atoms with Crippen molar-refractivity contribution in [1.29, 1.82) is 0 Å². The van der Waals surface area contributed by atoms with E-state index in [1.807, 2.05) is 13.8 Å². The van der Waals surface area contributed by atoms with Gasteiger partial charge in [-0.2, -0.15) is 13.2 Å². The summed E-state index contributed by atoms with van der Waals surface area (Å²) in [7, 11) is 0. The van der Waals surface area contributed by atoms with E-state index in [0.717, 1.165) is 25.0 Å². The molecular formula is C23H27F3N2O3. The summed E-state index contributed by atoms with van der Waals surface area (Å²) < 4.78 is 38.1. The SMILES string of the molecule is CCCN(CCC)C(=O)C(CO)NC(=O)c1ccc(-c2ccc(C(F)(F)F)cc2)cc1. The highest BCUT2D eigenvalue weighted by molar-refractivity contribution is 5.98. The molecule has 0 aliphatic heterocycles. The monoisotopic (exact) mass is 436 g/mol. The van der Waals surface area contributed by atoms with Gasteiger partial charge in [0.25, 0.3) is 5.91 Å². The van der Waals surface area contributed by atoms with E-state index in [9.17, 15) is 27.9 Å². The molecule has 0 radical (unpaired) electrons. The maximum absolute atomic E-state index is 12.7. The number of nitrogens with zero attached hydrogens (tertiary/aromatic N) is 1. The first-order valence-corrected chi connectivity index (χ1v) is 10.2. The number of hydrogen-bond donors (Lipinski definition) is 2. The normalized spacial score (nSPS) is 12.3. The molecule has 0 aliphatic rings. The van der Waals surface area contributed by atoms with E-state index < -0.39 is 30.3 Å². The Hall–Kier alpha value is -2.87. The largest absolute Gasteiger partial charge is 0.416 e. The topological polar surface area (TPSA) is 69.6 Å². The highest BCUT2D eigenvalue weighted by Crippen LogP contribution is 2.31. The average Bonchev–Trinajstić information content (AvgIpc) is 2.76. The number of benzene rings is 2. The molecule has 2 amide bonds. The Morgan fingerprint density at radius 3 is 1.84 bits per heavy atom. The van der Waals surface area contributed by atoms with Crippen molar-refractivity contribution in [2.45, 2.75) is 38.9 Å². The number of aliphatic hydroxyl groups is 1. The lowest BCUT2D eigenvalue weighted by Crippen LogP contribution is -2.51. The Bertz CT molecular complexity index is 859. The summed E-state index contributed by atoms with van der Waals surface area (Å²) >= 11 is 0. The van der Waals surface area contributed by atoms with Crippen LogP contribution in [-0.4, -0.2) is 47.6 Å². The standard InChI is InChI=1S/C23H27F3N2O3/c1-3-13-28(14-4-2)22(31)20(15-29)27-21(30)18-7-5-16(6-8-18)17-9-11-19(12-10-17)23(24,25)26/h5-12,20,29H,3-4,13-15H2,1-2H3,(H,27,30). The lowest BCUT2D eigenvalue weighted by Gasteiger charge is -2.26. The van der Waals surface area contributed by atoms with Crippen LogP contribution in [0, 0.1) is 0 Å². The van der Waals surface area contributed by atoms with Gasteiger partial charge in [-0.15, -0.1) is 0 Å². The summed E-state index contributed by atoms with van der Waals surface area (Å²) in [5.41, 5.74) is 0.780. The van der Waals surface area contributed by atoms with Gasteiger partial charge in [0.2, 0.25) is 5.91 Å². The van der Waals surface area contributed by atoms with Crippen molar-refractivity contribution in [2.24, 2.45) is 0 Å². The molecule has 0 saturated heterocycles. The molecule has 0 aliphatic carbocycles. The number of halogens is 3. The number of carbonyl (C=O) groups excluding carboxylic acids is 2. The summed E-state index contributed by atoms with van der Waals surface area (Å²) in [4.78, 5) is 26.8. The third-order valence-corrected chi connectivity index (χ3v) is 4.78. The summed E-state index contributed by atoms with van der Waals surface area (Å²) in [6, 6.07) is 10.00. The Morgan fingerprint density at radius 1 is 0.935 bits per heavy atom. The minimum absolute atomic E-state index is 0.277. The fraction of sp³-hybridized carbons (Fsp3) is 0.391. The Balaban J connectivity index is 2.09. The van der Waals surface area contributed by atoms with Crippen LogP contribution >= 0.6 is 0 Å². The van der Waals surface area contributed by atoms with E-state index >= 15 is 0 Å². The zero-order valence-electron chi connectivity index (χ0n) is 17.6. The van der Waals surface area contributed by atoms with Crippen molar-refractivity contribution in [3.8, 4) is 11.1 Å². The van der Waals surface area contributed by atoms with Gasteiger partial charge in [-0.1, -0.05) is 38.1 Å². The van der Waals surface area contributed by atoms with Crippen molar-refractivity contribution in [1.82, 2.24) is 10.2 Å². The molecule has 2 aromatic carbocycles. The van der Waals surface area contributed by atoms with Crippen LogP contribution in [0.2, 0.25) is 0 Å². The van der Waals surface area contributed by atoms with E-state index in [2.05, 4.69) is 5.32 Å². The molecule has 0 spiro atoms. The Kier molecular flexibility index (Phi) is 8.62. The first kappa shape index (κ1) is 24.4. The van der Waals surface area contributed by atoms with Crippen molar-refractivity contribution >= 4 is 11.8 Å². The van der Waals surface area contributed by atoms with Crippen molar-refractivity contribution < 1.29 is 27.9 Å². The van der Waals surface area contributed by atoms with Crippen LogP contribution in [0.5, 0.6) is 0 Å². The molecule has 0 fully saturated rings. The van der Waals surface area contributed by atoms with Gasteiger partial charge in [0.05, 0.1) is 12.2 Å².